The lowest BCUT2D eigenvalue weighted by Crippen LogP contribution is -2.29. The Kier molecular flexibility index (Phi) is 5.26. The molecule has 4 rings (SSSR count). The summed E-state index contributed by atoms with van der Waals surface area (Å²) in [5.41, 5.74) is 3.85. The van der Waals surface area contributed by atoms with Crippen molar-refractivity contribution in [3.05, 3.63) is 99.3 Å². The van der Waals surface area contributed by atoms with Gasteiger partial charge in [0.15, 0.2) is 0 Å². The zero-order chi connectivity index (χ0) is 21.4. The highest BCUT2D eigenvalue weighted by atomic mass is 79.9. The van der Waals surface area contributed by atoms with Gasteiger partial charge >= 0.3 is 0 Å². The minimum atomic E-state index is -0.774. The summed E-state index contributed by atoms with van der Waals surface area (Å²) < 4.78 is 0.846. The number of aryl methyl sites for hydroxylation is 2. The number of hydrogen-bond acceptors (Lipinski definition) is 4. The average molecular weight is 463 g/mol. The summed E-state index contributed by atoms with van der Waals surface area (Å²) in [6.45, 7) is 3.94. The number of Topliss-reactive ketones (excluding diaryl/α,β-unsaturated/α-hetero) is 1. The summed E-state index contributed by atoms with van der Waals surface area (Å²) in [6.07, 6.45) is 3.24. The summed E-state index contributed by atoms with van der Waals surface area (Å²) >= 11 is 3.37. The monoisotopic (exact) mass is 462 g/mol. The van der Waals surface area contributed by atoms with Crippen LogP contribution < -0.4 is 4.90 Å². The van der Waals surface area contributed by atoms with E-state index in [1.165, 1.54) is 4.90 Å². The predicted octanol–water partition coefficient (Wildman–Crippen LogP) is 5.09. The predicted molar refractivity (Wildman–Crippen MR) is 119 cm³/mol. The van der Waals surface area contributed by atoms with Gasteiger partial charge < -0.3 is 5.11 Å². The quantitative estimate of drug-likeness (QED) is 0.334. The summed E-state index contributed by atoms with van der Waals surface area (Å²) in [6, 6.07) is 15.3. The largest absolute Gasteiger partial charge is 0.507 e. The van der Waals surface area contributed by atoms with E-state index in [1.807, 2.05) is 32.0 Å². The van der Waals surface area contributed by atoms with E-state index in [0.29, 0.717) is 16.8 Å². The molecule has 0 aliphatic carbocycles. The van der Waals surface area contributed by atoms with Crippen molar-refractivity contribution in [2.45, 2.75) is 19.9 Å². The fourth-order valence-electron chi connectivity index (χ4n) is 3.59. The van der Waals surface area contributed by atoms with Crippen LogP contribution in [0.1, 0.15) is 28.3 Å². The Labute approximate surface area is 182 Å². The third kappa shape index (κ3) is 3.44. The minimum Gasteiger partial charge on any atom is -0.507 e. The Balaban J connectivity index is 1.94. The second-order valence-electron chi connectivity index (χ2n) is 7.23. The van der Waals surface area contributed by atoms with Crippen molar-refractivity contribution in [2.75, 3.05) is 4.90 Å². The highest BCUT2D eigenvalue weighted by Crippen LogP contribution is 2.42. The van der Waals surface area contributed by atoms with Crippen LogP contribution in [0.15, 0.2) is 77.0 Å². The van der Waals surface area contributed by atoms with Gasteiger partial charge in [0.1, 0.15) is 5.76 Å². The Morgan fingerprint density at radius 1 is 1.03 bits per heavy atom. The molecule has 150 valence electrons. The molecule has 0 spiro atoms. The van der Waals surface area contributed by atoms with Crippen molar-refractivity contribution < 1.29 is 14.7 Å². The number of hydrogen-bond donors (Lipinski definition) is 1. The van der Waals surface area contributed by atoms with Gasteiger partial charge in [0.25, 0.3) is 11.7 Å². The number of carbonyl (C=O) groups excluding carboxylic acids is 2. The van der Waals surface area contributed by atoms with Crippen LogP contribution in [-0.4, -0.2) is 21.8 Å². The van der Waals surface area contributed by atoms with Crippen LogP contribution in [0.5, 0.6) is 0 Å². The van der Waals surface area contributed by atoms with E-state index in [0.717, 1.165) is 15.6 Å². The highest BCUT2D eigenvalue weighted by molar-refractivity contribution is 9.10. The van der Waals surface area contributed by atoms with Crippen molar-refractivity contribution in [3.63, 3.8) is 0 Å². The van der Waals surface area contributed by atoms with Crippen LogP contribution >= 0.6 is 15.9 Å². The first-order chi connectivity index (χ1) is 14.4. The van der Waals surface area contributed by atoms with E-state index in [-0.39, 0.29) is 11.3 Å². The Morgan fingerprint density at radius 3 is 2.40 bits per heavy atom. The number of halogens is 1. The molecule has 1 atom stereocenters. The van der Waals surface area contributed by atoms with Gasteiger partial charge in [-0.1, -0.05) is 40.2 Å². The molecular formula is C24H19BrN2O3. The number of anilines is 1. The molecular weight excluding hydrogens is 444 g/mol. The van der Waals surface area contributed by atoms with E-state index in [9.17, 15) is 14.7 Å². The van der Waals surface area contributed by atoms with E-state index in [4.69, 9.17) is 0 Å². The van der Waals surface area contributed by atoms with Gasteiger partial charge in [-0.15, -0.1) is 0 Å². The fraction of sp³-hybridized carbons (Fsp3) is 0.125. The zero-order valence-electron chi connectivity index (χ0n) is 16.5. The maximum Gasteiger partial charge on any atom is 0.300 e. The molecule has 30 heavy (non-hydrogen) atoms. The number of aromatic nitrogens is 1. The van der Waals surface area contributed by atoms with Crippen molar-refractivity contribution >= 4 is 39.1 Å². The normalized spacial score (nSPS) is 18.1. The maximum absolute atomic E-state index is 13.1. The molecule has 0 bridgehead atoms. The molecule has 2 heterocycles. The minimum absolute atomic E-state index is 0.0496. The number of ketones is 1. The standard InChI is InChI=1S/C24H19BrN2O3/c1-14-5-10-19(12-15(14)2)27-21(17-4-3-11-26-13-17)20(23(29)24(27)30)22(28)16-6-8-18(25)9-7-16/h3-13,21,28H,1-2H3/b22-20+. The first kappa shape index (κ1) is 20.0. The van der Waals surface area contributed by atoms with Crippen LogP contribution in [-0.2, 0) is 9.59 Å². The second kappa shape index (κ2) is 7.88. The number of benzene rings is 2. The molecule has 2 aromatic carbocycles. The molecule has 1 saturated heterocycles. The Hall–Kier alpha value is -3.25. The molecule has 1 aliphatic rings. The number of aliphatic hydroxyl groups excluding tert-OH is 1. The average Bonchev–Trinajstić information content (AvgIpc) is 3.01. The van der Waals surface area contributed by atoms with Gasteiger partial charge in [-0.3, -0.25) is 19.5 Å². The number of carbonyl (C=O) groups is 2. The van der Waals surface area contributed by atoms with Crippen LogP contribution in [0.2, 0.25) is 0 Å². The molecule has 5 nitrogen and oxygen atoms in total. The lowest BCUT2D eigenvalue weighted by molar-refractivity contribution is -0.132. The van der Waals surface area contributed by atoms with Gasteiger partial charge in [-0.25, -0.2) is 0 Å². The van der Waals surface area contributed by atoms with Crippen molar-refractivity contribution in [1.29, 1.82) is 0 Å². The first-order valence-corrected chi connectivity index (χ1v) is 10.2. The number of nitrogens with zero attached hydrogens (tertiary/aromatic N) is 2. The molecule has 0 radical (unpaired) electrons. The fourth-order valence-corrected chi connectivity index (χ4v) is 3.85. The third-order valence-electron chi connectivity index (χ3n) is 5.33. The number of rotatable bonds is 3. The second-order valence-corrected chi connectivity index (χ2v) is 8.15. The molecule has 3 aromatic rings. The Morgan fingerprint density at radius 2 is 1.77 bits per heavy atom. The summed E-state index contributed by atoms with van der Waals surface area (Å²) in [4.78, 5) is 31.8. The zero-order valence-corrected chi connectivity index (χ0v) is 18.1. The van der Waals surface area contributed by atoms with Gasteiger partial charge in [0.2, 0.25) is 0 Å². The van der Waals surface area contributed by atoms with Crippen molar-refractivity contribution in [2.24, 2.45) is 0 Å². The van der Waals surface area contributed by atoms with Crippen molar-refractivity contribution in [1.82, 2.24) is 4.98 Å². The third-order valence-corrected chi connectivity index (χ3v) is 5.86. The summed E-state index contributed by atoms with van der Waals surface area (Å²) in [5.74, 6) is -1.60. The molecule has 0 saturated carbocycles. The van der Waals surface area contributed by atoms with E-state index in [2.05, 4.69) is 20.9 Å². The van der Waals surface area contributed by atoms with Gasteiger partial charge in [-0.2, -0.15) is 0 Å². The molecule has 1 aromatic heterocycles. The molecule has 1 aliphatic heterocycles. The molecule has 1 N–H and O–H groups in total. The summed E-state index contributed by atoms with van der Waals surface area (Å²) in [7, 11) is 0. The molecule has 6 heteroatoms. The SMILES string of the molecule is Cc1ccc(N2C(=O)C(=O)/C(=C(/O)c3ccc(Br)cc3)C2c2cccnc2)cc1C. The van der Waals surface area contributed by atoms with Crippen LogP contribution in [0.3, 0.4) is 0 Å². The molecule has 1 amide bonds. The van der Waals surface area contributed by atoms with E-state index in [1.54, 1.807) is 48.8 Å². The Bertz CT molecular complexity index is 1170. The summed E-state index contributed by atoms with van der Waals surface area (Å²) in [5, 5.41) is 11.0. The number of aliphatic hydroxyl groups is 1. The van der Waals surface area contributed by atoms with Gasteiger partial charge in [-0.05, 0) is 60.9 Å². The van der Waals surface area contributed by atoms with Gasteiger partial charge in [0.05, 0.1) is 11.6 Å². The van der Waals surface area contributed by atoms with E-state index < -0.39 is 17.7 Å². The van der Waals surface area contributed by atoms with Crippen LogP contribution in [0.25, 0.3) is 5.76 Å². The molecule has 1 fully saturated rings. The van der Waals surface area contributed by atoms with Crippen LogP contribution in [0, 0.1) is 13.8 Å². The van der Waals surface area contributed by atoms with Gasteiger partial charge in [0, 0.05) is 28.1 Å². The topological polar surface area (TPSA) is 70.5 Å². The smallest absolute Gasteiger partial charge is 0.300 e. The number of amides is 1. The number of pyridine rings is 1. The lowest BCUT2D eigenvalue weighted by atomic mass is 9.96. The highest BCUT2D eigenvalue weighted by Gasteiger charge is 2.47. The maximum atomic E-state index is 13.1. The van der Waals surface area contributed by atoms with E-state index >= 15 is 0 Å². The lowest BCUT2D eigenvalue weighted by Gasteiger charge is -2.25. The van der Waals surface area contributed by atoms with Crippen LogP contribution in [0.4, 0.5) is 5.69 Å². The van der Waals surface area contributed by atoms with Crippen molar-refractivity contribution in [3.8, 4) is 0 Å². The molecule has 1 unspecified atom stereocenters. The first-order valence-electron chi connectivity index (χ1n) is 9.42.